The van der Waals surface area contributed by atoms with Gasteiger partial charge in [0.25, 0.3) is 0 Å². The molecule has 1 N–H and O–H groups in total. The van der Waals surface area contributed by atoms with Crippen LogP contribution in [0.25, 0.3) is 0 Å². The van der Waals surface area contributed by atoms with Crippen molar-refractivity contribution in [3.8, 4) is 0 Å². The summed E-state index contributed by atoms with van der Waals surface area (Å²) in [6.07, 6.45) is 18.3. The highest BCUT2D eigenvalue weighted by atomic mass is 14.8. The Morgan fingerprint density at radius 3 is 1.80 bits per heavy atom. The fraction of sp³-hybridized carbons (Fsp3) is 1.00. The van der Waals surface area contributed by atoms with Crippen LogP contribution in [-0.4, -0.2) is 13.1 Å². The summed E-state index contributed by atoms with van der Waals surface area (Å²) in [5.74, 6) is 0.925. The average molecular weight is 284 g/mol. The number of unbranched alkanes of at least 4 members (excludes halogenated alkanes) is 8. The molecule has 1 nitrogen and oxygen atoms in total. The molecule has 0 saturated carbocycles. The minimum absolute atomic E-state index is 0.925. The Balaban J connectivity index is 3.27. The van der Waals surface area contributed by atoms with Crippen molar-refractivity contribution in [1.29, 1.82) is 0 Å². The van der Waals surface area contributed by atoms with E-state index in [1.807, 2.05) is 0 Å². The van der Waals surface area contributed by atoms with Crippen LogP contribution in [0.1, 0.15) is 104 Å². The summed E-state index contributed by atoms with van der Waals surface area (Å²) in [5, 5.41) is 3.69. The Morgan fingerprint density at radius 1 is 0.600 bits per heavy atom. The maximum atomic E-state index is 3.69. The van der Waals surface area contributed by atoms with Gasteiger partial charge in [0.1, 0.15) is 0 Å². The van der Waals surface area contributed by atoms with Gasteiger partial charge in [-0.3, -0.25) is 0 Å². The summed E-state index contributed by atoms with van der Waals surface area (Å²) < 4.78 is 0. The van der Waals surface area contributed by atoms with E-state index in [9.17, 15) is 0 Å². The Morgan fingerprint density at radius 2 is 1.20 bits per heavy atom. The molecule has 1 heteroatoms. The first kappa shape index (κ1) is 20.0. The fourth-order valence-electron chi connectivity index (χ4n) is 2.94. The van der Waals surface area contributed by atoms with Crippen LogP contribution in [0.15, 0.2) is 0 Å². The highest BCUT2D eigenvalue weighted by Crippen LogP contribution is 2.14. The zero-order valence-corrected chi connectivity index (χ0v) is 14.7. The summed E-state index contributed by atoms with van der Waals surface area (Å²) in [6.45, 7) is 9.40. The topological polar surface area (TPSA) is 12.0 Å². The van der Waals surface area contributed by atoms with E-state index in [1.165, 1.54) is 96.6 Å². The number of hydrogen-bond acceptors (Lipinski definition) is 1. The van der Waals surface area contributed by atoms with Crippen molar-refractivity contribution in [1.82, 2.24) is 5.32 Å². The van der Waals surface area contributed by atoms with Gasteiger partial charge in [0.2, 0.25) is 0 Å². The van der Waals surface area contributed by atoms with Gasteiger partial charge in [0.05, 0.1) is 0 Å². The molecule has 0 saturated heterocycles. The second kappa shape index (κ2) is 17.0. The third-order valence-corrected chi connectivity index (χ3v) is 4.30. The zero-order valence-electron chi connectivity index (χ0n) is 14.7. The third kappa shape index (κ3) is 14.4. The highest BCUT2D eigenvalue weighted by Gasteiger charge is 2.06. The summed E-state index contributed by atoms with van der Waals surface area (Å²) in [5.41, 5.74) is 0. The van der Waals surface area contributed by atoms with E-state index in [-0.39, 0.29) is 0 Å². The van der Waals surface area contributed by atoms with Crippen LogP contribution in [-0.2, 0) is 0 Å². The maximum Gasteiger partial charge on any atom is -0.00205 e. The van der Waals surface area contributed by atoms with E-state index in [4.69, 9.17) is 0 Å². The molecule has 0 fully saturated rings. The van der Waals surface area contributed by atoms with E-state index in [2.05, 4.69) is 26.1 Å². The lowest BCUT2D eigenvalue weighted by atomic mass is 9.97. The molecule has 0 aromatic carbocycles. The molecule has 0 amide bonds. The maximum absolute atomic E-state index is 3.69. The molecular formula is C19H41N. The summed E-state index contributed by atoms with van der Waals surface area (Å²) in [6, 6.07) is 0. The minimum Gasteiger partial charge on any atom is -0.316 e. The van der Waals surface area contributed by atoms with E-state index >= 15 is 0 Å². The molecule has 0 heterocycles. The smallest absolute Gasteiger partial charge is 0.00205 e. The standard InChI is InChI=1S/C19H41N/c1-4-7-9-10-11-12-13-14-17-20-18-19(15-6-3)16-8-5-2/h19-20H,4-18H2,1-3H3. The van der Waals surface area contributed by atoms with Crippen LogP contribution in [0.2, 0.25) is 0 Å². The van der Waals surface area contributed by atoms with Crippen LogP contribution < -0.4 is 5.32 Å². The monoisotopic (exact) mass is 283 g/mol. The SMILES string of the molecule is CCCCCCCCCCNCC(CCC)CCCC. The molecule has 0 rings (SSSR count). The fourth-order valence-corrected chi connectivity index (χ4v) is 2.94. The van der Waals surface area contributed by atoms with Crippen molar-refractivity contribution < 1.29 is 0 Å². The van der Waals surface area contributed by atoms with Crippen LogP contribution >= 0.6 is 0 Å². The van der Waals surface area contributed by atoms with E-state index < -0.39 is 0 Å². The number of rotatable bonds is 16. The van der Waals surface area contributed by atoms with E-state index in [0.29, 0.717) is 0 Å². The van der Waals surface area contributed by atoms with Crippen molar-refractivity contribution >= 4 is 0 Å². The Hall–Kier alpha value is -0.0400. The van der Waals surface area contributed by atoms with E-state index in [0.717, 1.165) is 5.92 Å². The molecule has 0 aromatic rings. The first-order valence-corrected chi connectivity index (χ1v) is 9.55. The molecule has 0 radical (unpaired) electrons. The lowest BCUT2D eigenvalue weighted by molar-refractivity contribution is 0.399. The largest absolute Gasteiger partial charge is 0.316 e. The molecule has 122 valence electrons. The van der Waals surface area contributed by atoms with Crippen LogP contribution in [0.5, 0.6) is 0 Å². The van der Waals surface area contributed by atoms with E-state index in [1.54, 1.807) is 0 Å². The normalized spacial score (nSPS) is 12.8. The second-order valence-electron chi connectivity index (χ2n) is 6.48. The number of nitrogens with one attached hydrogen (secondary N) is 1. The van der Waals surface area contributed by atoms with Crippen molar-refractivity contribution in [2.45, 2.75) is 104 Å². The van der Waals surface area contributed by atoms with Crippen molar-refractivity contribution in [3.05, 3.63) is 0 Å². The van der Waals surface area contributed by atoms with Crippen LogP contribution in [0.3, 0.4) is 0 Å². The second-order valence-corrected chi connectivity index (χ2v) is 6.48. The molecule has 0 aliphatic carbocycles. The van der Waals surface area contributed by atoms with Crippen LogP contribution in [0.4, 0.5) is 0 Å². The van der Waals surface area contributed by atoms with Gasteiger partial charge in [0, 0.05) is 0 Å². The molecule has 0 bridgehead atoms. The first-order valence-electron chi connectivity index (χ1n) is 9.55. The van der Waals surface area contributed by atoms with Crippen molar-refractivity contribution in [3.63, 3.8) is 0 Å². The van der Waals surface area contributed by atoms with Gasteiger partial charge in [-0.2, -0.15) is 0 Å². The van der Waals surface area contributed by atoms with Gasteiger partial charge in [-0.1, -0.05) is 85.0 Å². The van der Waals surface area contributed by atoms with Gasteiger partial charge in [-0.25, -0.2) is 0 Å². The highest BCUT2D eigenvalue weighted by molar-refractivity contribution is 4.62. The minimum atomic E-state index is 0.925. The van der Waals surface area contributed by atoms with Gasteiger partial charge in [-0.05, 0) is 38.3 Å². The first-order chi connectivity index (χ1) is 9.85. The third-order valence-electron chi connectivity index (χ3n) is 4.30. The van der Waals surface area contributed by atoms with Crippen molar-refractivity contribution in [2.24, 2.45) is 5.92 Å². The molecular weight excluding hydrogens is 242 g/mol. The van der Waals surface area contributed by atoms with Crippen LogP contribution in [0, 0.1) is 5.92 Å². The van der Waals surface area contributed by atoms with Gasteiger partial charge in [-0.15, -0.1) is 0 Å². The predicted molar refractivity (Wildman–Crippen MR) is 93.4 cm³/mol. The molecule has 1 unspecified atom stereocenters. The van der Waals surface area contributed by atoms with Gasteiger partial charge >= 0.3 is 0 Å². The lowest BCUT2D eigenvalue weighted by Crippen LogP contribution is -2.24. The summed E-state index contributed by atoms with van der Waals surface area (Å²) >= 11 is 0. The Bertz CT molecular complexity index is 167. The number of hydrogen-bond donors (Lipinski definition) is 1. The van der Waals surface area contributed by atoms with Gasteiger partial charge < -0.3 is 5.32 Å². The average Bonchev–Trinajstić information content (AvgIpc) is 2.46. The molecule has 0 aliphatic rings. The molecule has 20 heavy (non-hydrogen) atoms. The molecule has 0 spiro atoms. The molecule has 0 aliphatic heterocycles. The molecule has 1 atom stereocenters. The summed E-state index contributed by atoms with van der Waals surface area (Å²) in [7, 11) is 0. The Kier molecular flexibility index (Phi) is 17.0. The molecule has 0 aromatic heterocycles. The summed E-state index contributed by atoms with van der Waals surface area (Å²) in [4.78, 5) is 0. The quantitative estimate of drug-likeness (QED) is 0.327. The lowest BCUT2D eigenvalue weighted by Gasteiger charge is -2.16. The van der Waals surface area contributed by atoms with Gasteiger partial charge in [0.15, 0.2) is 0 Å². The van der Waals surface area contributed by atoms with Crippen molar-refractivity contribution in [2.75, 3.05) is 13.1 Å². The Labute approximate surface area is 129 Å². The predicted octanol–water partition coefficient (Wildman–Crippen LogP) is 6.32. The zero-order chi connectivity index (χ0) is 14.9.